The Morgan fingerprint density at radius 1 is 1.28 bits per heavy atom. The van der Waals surface area contributed by atoms with Crippen molar-refractivity contribution >= 4 is 12.4 Å². The van der Waals surface area contributed by atoms with Crippen LogP contribution in [0, 0.1) is 5.41 Å². The second-order valence-corrected chi connectivity index (χ2v) is 6.67. The van der Waals surface area contributed by atoms with Crippen molar-refractivity contribution in [1.29, 1.82) is 0 Å². The van der Waals surface area contributed by atoms with Crippen LogP contribution in [-0.4, -0.2) is 42.9 Å². The van der Waals surface area contributed by atoms with Gasteiger partial charge in [-0.3, -0.25) is 10.2 Å². The number of ether oxygens (including phenoxy) is 1. The minimum atomic E-state index is 0. The molecule has 3 nitrogen and oxygen atoms in total. The number of likely N-dealkylation sites (tertiary alicyclic amines) is 1. The van der Waals surface area contributed by atoms with E-state index in [4.69, 9.17) is 4.74 Å². The first-order valence-corrected chi connectivity index (χ1v) is 7.10. The van der Waals surface area contributed by atoms with E-state index >= 15 is 0 Å². The van der Waals surface area contributed by atoms with E-state index in [1.807, 2.05) is 0 Å². The molecule has 0 saturated carbocycles. The van der Waals surface area contributed by atoms with E-state index in [2.05, 4.69) is 37.9 Å². The third-order valence-electron chi connectivity index (χ3n) is 4.04. The van der Waals surface area contributed by atoms with Gasteiger partial charge in [-0.25, -0.2) is 0 Å². The van der Waals surface area contributed by atoms with Gasteiger partial charge in [-0.15, -0.1) is 12.4 Å². The van der Waals surface area contributed by atoms with Crippen LogP contribution in [0.5, 0.6) is 0 Å². The van der Waals surface area contributed by atoms with Crippen molar-refractivity contribution in [3.8, 4) is 0 Å². The Bertz CT molecular complexity index is 248. The third-order valence-corrected chi connectivity index (χ3v) is 4.04. The lowest BCUT2D eigenvalue weighted by atomic mass is 9.91. The van der Waals surface area contributed by atoms with Crippen LogP contribution < -0.4 is 5.32 Å². The van der Waals surface area contributed by atoms with Crippen molar-refractivity contribution in [1.82, 2.24) is 10.2 Å². The van der Waals surface area contributed by atoms with Gasteiger partial charge >= 0.3 is 0 Å². The standard InChI is InChI=1S/C14H28N2O.ClH/c1-11(2)16-8-6-5-7-12(16)13-15-9-14(3,4)10-17-13;/h11-13,15H,5-10H2,1-4H3;1H. The molecule has 2 unspecified atom stereocenters. The van der Waals surface area contributed by atoms with Gasteiger partial charge in [-0.2, -0.15) is 0 Å². The number of nitrogens with one attached hydrogen (secondary N) is 1. The van der Waals surface area contributed by atoms with Crippen LogP contribution in [0.2, 0.25) is 0 Å². The van der Waals surface area contributed by atoms with Gasteiger partial charge in [0, 0.05) is 24.0 Å². The molecular weight excluding hydrogens is 248 g/mol. The number of halogens is 1. The van der Waals surface area contributed by atoms with Gasteiger partial charge < -0.3 is 4.74 Å². The van der Waals surface area contributed by atoms with Crippen LogP contribution in [0.15, 0.2) is 0 Å². The largest absolute Gasteiger partial charge is 0.361 e. The van der Waals surface area contributed by atoms with Crippen molar-refractivity contribution in [3.63, 3.8) is 0 Å². The first-order valence-electron chi connectivity index (χ1n) is 7.10. The van der Waals surface area contributed by atoms with E-state index < -0.39 is 0 Å². The highest BCUT2D eigenvalue weighted by Gasteiger charge is 2.36. The highest BCUT2D eigenvalue weighted by Crippen LogP contribution is 2.27. The van der Waals surface area contributed by atoms with Crippen LogP contribution in [0.4, 0.5) is 0 Å². The normalized spacial score (nSPS) is 33.2. The zero-order valence-corrected chi connectivity index (χ0v) is 13.1. The van der Waals surface area contributed by atoms with E-state index in [-0.39, 0.29) is 24.0 Å². The van der Waals surface area contributed by atoms with Crippen molar-refractivity contribution in [2.45, 2.75) is 65.3 Å². The SMILES string of the molecule is CC(C)N1CCCCC1C1NCC(C)(C)CO1.Cl. The monoisotopic (exact) mass is 276 g/mol. The van der Waals surface area contributed by atoms with E-state index in [1.54, 1.807) is 0 Å². The molecule has 0 aromatic heterocycles. The van der Waals surface area contributed by atoms with Gasteiger partial charge in [0.25, 0.3) is 0 Å². The fraction of sp³-hybridized carbons (Fsp3) is 1.00. The summed E-state index contributed by atoms with van der Waals surface area (Å²) in [4.78, 5) is 2.61. The first kappa shape index (κ1) is 16.2. The molecule has 2 saturated heterocycles. The molecule has 2 aliphatic heterocycles. The fourth-order valence-electron chi connectivity index (χ4n) is 3.00. The maximum Gasteiger partial charge on any atom is 0.123 e. The number of hydrogen-bond donors (Lipinski definition) is 1. The minimum absolute atomic E-state index is 0. The number of piperidine rings is 1. The van der Waals surface area contributed by atoms with E-state index in [1.165, 1.54) is 25.8 Å². The summed E-state index contributed by atoms with van der Waals surface area (Å²) in [5, 5.41) is 3.60. The zero-order valence-electron chi connectivity index (χ0n) is 12.2. The average molecular weight is 277 g/mol. The summed E-state index contributed by atoms with van der Waals surface area (Å²) >= 11 is 0. The van der Waals surface area contributed by atoms with Gasteiger partial charge in [0.05, 0.1) is 6.61 Å². The molecule has 0 aliphatic carbocycles. The Morgan fingerprint density at radius 2 is 2.00 bits per heavy atom. The molecule has 0 spiro atoms. The number of hydrogen-bond acceptors (Lipinski definition) is 3. The lowest BCUT2D eigenvalue weighted by molar-refractivity contribution is -0.108. The van der Waals surface area contributed by atoms with Crippen molar-refractivity contribution in [3.05, 3.63) is 0 Å². The molecule has 1 N–H and O–H groups in total. The predicted molar refractivity (Wildman–Crippen MR) is 78.3 cm³/mol. The summed E-state index contributed by atoms with van der Waals surface area (Å²) in [6.07, 6.45) is 4.20. The number of rotatable bonds is 2. The summed E-state index contributed by atoms with van der Waals surface area (Å²) in [7, 11) is 0. The molecule has 0 bridgehead atoms. The fourth-order valence-corrected chi connectivity index (χ4v) is 3.00. The second-order valence-electron chi connectivity index (χ2n) is 6.67. The molecule has 0 aromatic rings. The summed E-state index contributed by atoms with van der Waals surface area (Å²) in [6.45, 7) is 12.3. The third kappa shape index (κ3) is 3.83. The first-order chi connectivity index (χ1) is 7.99. The maximum absolute atomic E-state index is 6.06. The molecular formula is C14H29ClN2O. The average Bonchev–Trinajstić information content (AvgIpc) is 2.29. The molecule has 0 amide bonds. The van der Waals surface area contributed by atoms with Crippen LogP contribution in [0.25, 0.3) is 0 Å². The lowest BCUT2D eigenvalue weighted by Crippen LogP contribution is -2.60. The Hall–Kier alpha value is 0.170. The Morgan fingerprint density at radius 3 is 2.56 bits per heavy atom. The van der Waals surface area contributed by atoms with Crippen LogP contribution >= 0.6 is 12.4 Å². The molecule has 2 fully saturated rings. The molecule has 2 heterocycles. The van der Waals surface area contributed by atoms with Gasteiger partial charge in [0.15, 0.2) is 0 Å². The smallest absolute Gasteiger partial charge is 0.123 e. The molecule has 2 rings (SSSR count). The van der Waals surface area contributed by atoms with Crippen LogP contribution in [0.3, 0.4) is 0 Å². The molecule has 4 heteroatoms. The molecule has 18 heavy (non-hydrogen) atoms. The Kier molecular flexibility index (Phi) is 5.91. The molecule has 2 aliphatic rings. The van der Waals surface area contributed by atoms with Gasteiger partial charge in [0.2, 0.25) is 0 Å². The summed E-state index contributed by atoms with van der Waals surface area (Å²) in [5.41, 5.74) is 0.286. The number of nitrogens with zero attached hydrogens (tertiary/aromatic N) is 1. The summed E-state index contributed by atoms with van der Waals surface area (Å²) < 4.78 is 6.06. The highest BCUT2D eigenvalue weighted by molar-refractivity contribution is 5.85. The van der Waals surface area contributed by atoms with Crippen molar-refractivity contribution in [2.75, 3.05) is 19.7 Å². The van der Waals surface area contributed by atoms with Gasteiger partial charge in [-0.05, 0) is 33.2 Å². The minimum Gasteiger partial charge on any atom is -0.361 e. The lowest BCUT2D eigenvalue weighted by Gasteiger charge is -2.46. The zero-order chi connectivity index (χ0) is 12.5. The molecule has 2 atom stereocenters. The van der Waals surface area contributed by atoms with E-state index in [9.17, 15) is 0 Å². The van der Waals surface area contributed by atoms with Crippen LogP contribution in [-0.2, 0) is 4.74 Å². The maximum atomic E-state index is 6.06. The van der Waals surface area contributed by atoms with Gasteiger partial charge in [-0.1, -0.05) is 20.3 Å². The summed E-state index contributed by atoms with van der Waals surface area (Å²) in [6, 6.07) is 1.19. The van der Waals surface area contributed by atoms with E-state index in [0.717, 1.165) is 13.2 Å². The van der Waals surface area contributed by atoms with Crippen molar-refractivity contribution in [2.24, 2.45) is 5.41 Å². The molecule has 0 radical (unpaired) electrons. The molecule has 0 aromatic carbocycles. The second kappa shape index (κ2) is 6.56. The summed E-state index contributed by atoms with van der Waals surface area (Å²) in [5.74, 6) is 0. The van der Waals surface area contributed by atoms with Crippen molar-refractivity contribution < 1.29 is 4.74 Å². The van der Waals surface area contributed by atoms with E-state index in [0.29, 0.717) is 12.1 Å². The Balaban J connectivity index is 0.00000162. The predicted octanol–water partition coefficient (Wildman–Crippen LogP) is 2.64. The van der Waals surface area contributed by atoms with Crippen LogP contribution in [0.1, 0.15) is 47.0 Å². The highest BCUT2D eigenvalue weighted by atomic mass is 35.5. The topological polar surface area (TPSA) is 24.5 Å². The van der Waals surface area contributed by atoms with Gasteiger partial charge in [0.1, 0.15) is 6.23 Å². The molecule has 108 valence electrons. The quantitative estimate of drug-likeness (QED) is 0.839. The Labute approximate surface area is 118 Å².